The van der Waals surface area contributed by atoms with Gasteiger partial charge in [-0.1, -0.05) is 22.6 Å². The number of hydrogen-bond donors (Lipinski definition) is 0. The van der Waals surface area contributed by atoms with E-state index in [1.165, 1.54) is 0 Å². The van der Waals surface area contributed by atoms with Gasteiger partial charge in [0.25, 0.3) is 0 Å². The zero-order valence-corrected chi connectivity index (χ0v) is 8.51. The molecule has 0 aliphatic carbocycles. The minimum atomic E-state index is -5.17. The van der Waals surface area contributed by atoms with Gasteiger partial charge < -0.3 is 9.11 Å². The molecule has 0 bridgehead atoms. The van der Waals surface area contributed by atoms with Crippen molar-refractivity contribution in [2.75, 3.05) is 4.93 Å². The molecule has 0 amide bonds. The van der Waals surface area contributed by atoms with Crippen LogP contribution in [0.5, 0.6) is 0 Å². The summed E-state index contributed by atoms with van der Waals surface area (Å²) in [5.41, 5.74) is 0. The van der Waals surface area contributed by atoms with E-state index in [1.54, 1.807) is 0 Å². The fourth-order valence-electron chi connectivity index (χ4n) is 0. The van der Waals surface area contributed by atoms with Crippen LogP contribution in [-0.2, 0) is 10.4 Å². The summed E-state index contributed by atoms with van der Waals surface area (Å²) in [5, 5.41) is 0. The third-order valence-corrected chi connectivity index (χ3v) is 0. The fourth-order valence-corrected chi connectivity index (χ4v) is 0. The molecule has 8 heavy (non-hydrogen) atoms. The van der Waals surface area contributed by atoms with Gasteiger partial charge in [-0.05, 0) is 4.93 Å². The maximum absolute atomic E-state index is 8.52. The van der Waals surface area contributed by atoms with Crippen molar-refractivity contribution in [2.45, 2.75) is 0 Å². The van der Waals surface area contributed by atoms with Crippen molar-refractivity contribution in [3.05, 3.63) is 0 Å². The third-order valence-electron chi connectivity index (χ3n) is 0. The summed E-state index contributed by atoms with van der Waals surface area (Å²) in [6.45, 7) is 0. The summed E-state index contributed by atoms with van der Waals surface area (Å²) in [6, 6.07) is 0. The summed E-state index contributed by atoms with van der Waals surface area (Å²) >= 11 is 2.15. The van der Waals surface area contributed by atoms with Crippen LogP contribution >= 0.6 is 22.6 Å². The second-order valence-electron chi connectivity index (χ2n) is 0.408. The van der Waals surface area contributed by atoms with Crippen molar-refractivity contribution in [3.63, 3.8) is 0 Å². The van der Waals surface area contributed by atoms with Crippen molar-refractivity contribution >= 4 is 56.0 Å². The summed E-state index contributed by atoms with van der Waals surface area (Å²) in [7, 11) is -5.17. The molecule has 0 N–H and O–H groups in total. The van der Waals surface area contributed by atoms with Gasteiger partial charge in [0.15, 0.2) is 0 Å². The molecule has 0 unspecified atom stereocenters. The molecule has 0 heterocycles. The van der Waals surface area contributed by atoms with Crippen LogP contribution in [0.1, 0.15) is 0 Å². The van der Waals surface area contributed by atoms with Crippen molar-refractivity contribution in [1.82, 2.24) is 0 Å². The van der Waals surface area contributed by atoms with Crippen LogP contribution in [0, 0.1) is 0 Å². The molecule has 0 saturated heterocycles. The van der Waals surface area contributed by atoms with Gasteiger partial charge in [0, 0.05) is 10.4 Å². The molecule has 4 nitrogen and oxygen atoms in total. The predicted octanol–water partition coefficient (Wildman–Crippen LogP) is -0.668. The van der Waals surface area contributed by atoms with Crippen molar-refractivity contribution in [1.29, 1.82) is 0 Å². The van der Waals surface area contributed by atoms with Gasteiger partial charge >= 0.3 is 23.1 Å². The van der Waals surface area contributed by atoms with Gasteiger partial charge in [-0.15, -0.1) is 0 Å². The molecule has 0 aromatic rings. The molecule has 0 radical (unpaired) electrons. The zero-order chi connectivity index (χ0) is 6.50. The van der Waals surface area contributed by atoms with Crippen molar-refractivity contribution < 1.29 is 17.5 Å². The van der Waals surface area contributed by atoms with Crippen LogP contribution < -0.4 is 0 Å². The fraction of sp³-hybridized carbons (Fsp3) is 1.00. The van der Waals surface area contributed by atoms with Gasteiger partial charge in [-0.25, -0.2) is 0 Å². The van der Waals surface area contributed by atoms with Crippen LogP contribution in [0.2, 0.25) is 0 Å². The standard InChI is InChI=1S/CH3I.Mg.H2O4S/c1-2;;1-5(2,3)4/h1H3;;(H2,1,2,3,4)/q;+2;/p-2. The Morgan fingerprint density at radius 2 is 1.25 bits per heavy atom. The first-order chi connectivity index (χ1) is 3.00. The van der Waals surface area contributed by atoms with E-state index in [1.807, 2.05) is 4.93 Å². The van der Waals surface area contributed by atoms with E-state index in [9.17, 15) is 0 Å². The Balaban J connectivity index is -0.0000000750. The second-order valence-corrected chi connectivity index (χ2v) is 1.22. The van der Waals surface area contributed by atoms with E-state index in [4.69, 9.17) is 17.5 Å². The zero-order valence-electron chi connectivity index (χ0n) is 4.13. The Kier molecular flexibility index (Phi) is 16.9. The SMILES string of the molecule is CI.O=S(=O)([O-])[O-].[Mg+2]. The number of halogens is 1. The average molecular weight is 262 g/mol. The Morgan fingerprint density at radius 3 is 1.25 bits per heavy atom. The molecule has 0 rings (SSSR count). The smallest absolute Gasteiger partial charge is 0.759 e. The topological polar surface area (TPSA) is 80.3 Å². The van der Waals surface area contributed by atoms with Gasteiger partial charge in [0.05, 0.1) is 0 Å². The normalized spacial score (nSPS) is 8.00. The van der Waals surface area contributed by atoms with Gasteiger partial charge in [-0.3, -0.25) is 8.42 Å². The van der Waals surface area contributed by atoms with Gasteiger partial charge in [0.1, 0.15) is 0 Å². The van der Waals surface area contributed by atoms with Crippen LogP contribution in [0.4, 0.5) is 0 Å². The van der Waals surface area contributed by atoms with Crippen molar-refractivity contribution in [2.24, 2.45) is 0 Å². The maximum atomic E-state index is 8.52. The molecule has 0 saturated carbocycles. The first kappa shape index (κ1) is 16.2. The first-order valence-electron chi connectivity index (χ1n) is 1.04. The molecule has 0 aromatic heterocycles. The summed E-state index contributed by atoms with van der Waals surface area (Å²) in [5.74, 6) is 0. The molecule has 0 aliphatic rings. The Labute approximate surface area is 77.9 Å². The molecule has 0 aromatic carbocycles. The van der Waals surface area contributed by atoms with E-state index >= 15 is 0 Å². The molecule has 0 aliphatic heterocycles. The maximum Gasteiger partial charge on any atom is 2.00 e. The largest absolute Gasteiger partial charge is 2.00 e. The average Bonchev–Trinajstić information content (AvgIpc) is 1.36. The Bertz CT molecular complexity index is 99.2. The van der Waals surface area contributed by atoms with Crippen LogP contribution in [-0.4, -0.2) is 45.5 Å². The number of rotatable bonds is 0. The monoisotopic (exact) mass is 262 g/mol. The first-order valence-corrected chi connectivity index (χ1v) is 4.54. The van der Waals surface area contributed by atoms with Crippen LogP contribution in [0.15, 0.2) is 0 Å². The summed E-state index contributed by atoms with van der Waals surface area (Å²) in [6.07, 6.45) is 0. The molecule has 7 heteroatoms. The molecular weight excluding hydrogens is 259 g/mol. The quantitative estimate of drug-likeness (QED) is 0.191. The second kappa shape index (κ2) is 8.37. The Hall–Kier alpha value is 1.37. The van der Waals surface area contributed by atoms with E-state index in [2.05, 4.69) is 22.6 Å². The molecule has 46 valence electrons. The van der Waals surface area contributed by atoms with Crippen molar-refractivity contribution in [3.8, 4) is 0 Å². The molecule has 0 fully saturated rings. The van der Waals surface area contributed by atoms with Gasteiger partial charge in [0.2, 0.25) is 0 Å². The minimum Gasteiger partial charge on any atom is -0.759 e. The van der Waals surface area contributed by atoms with E-state index in [-0.39, 0.29) is 23.1 Å². The molecular formula is CH3IMgO4S. The predicted molar refractivity (Wildman–Crippen MR) is 36.2 cm³/mol. The Morgan fingerprint density at radius 1 is 1.25 bits per heavy atom. The summed E-state index contributed by atoms with van der Waals surface area (Å²) in [4.78, 5) is 1.97. The van der Waals surface area contributed by atoms with E-state index in [0.29, 0.717) is 0 Å². The van der Waals surface area contributed by atoms with E-state index < -0.39 is 10.4 Å². The van der Waals surface area contributed by atoms with Crippen LogP contribution in [0.3, 0.4) is 0 Å². The van der Waals surface area contributed by atoms with Gasteiger partial charge in [-0.2, -0.15) is 0 Å². The number of alkyl halides is 1. The minimum absolute atomic E-state index is 0. The molecule has 0 spiro atoms. The summed E-state index contributed by atoms with van der Waals surface area (Å²) < 4.78 is 34.1. The number of hydrogen-bond acceptors (Lipinski definition) is 4. The molecule has 0 atom stereocenters. The van der Waals surface area contributed by atoms with E-state index in [0.717, 1.165) is 0 Å². The van der Waals surface area contributed by atoms with Crippen LogP contribution in [0.25, 0.3) is 0 Å². The third kappa shape index (κ3) is 160.